The molecule has 1 nitrogen and oxygen atoms in total. The normalized spacial score (nSPS) is 12.0. The summed E-state index contributed by atoms with van der Waals surface area (Å²) in [6, 6.07) is 0. The molecular weight excluding hydrogens is 299 g/mol. The van der Waals surface area contributed by atoms with Crippen LogP contribution in [-0.2, 0) is 4.57 Å². The molecule has 0 aliphatic heterocycles. The molecule has 0 bridgehead atoms. The van der Waals surface area contributed by atoms with Crippen molar-refractivity contribution in [2.24, 2.45) is 0 Å². The lowest BCUT2D eigenvalue weighted by molar-refractivity contribution is 0.558. The lowest BCUT2D eigenvalue weighted by atomic mass is 10.2. The van der Waals surface area contributed by atoms with Crippen LogP contribution in [0.5, 0.6) is 0 Å². The van der Waals surface area contributed by atoms with E-state index in [0.717, 1.165) is 18.5 Å². The average molecular weight is 345 g/mol. The molecule has 0 heterocycles. The van der Waals surface area contributed by atoms with Gasteiger partial charge in [0.15, 0.2) is 0 Å². The van der Waals surface area contributed by atoms with Crippen LogP contribution in [0.4, 0.5) is 0 Å². The highest BCUT2D eigenvalue weighted by atomic mass is 31.2. The molecular formula is C21H45OP. The molecule has 0 spiro atoms. The van der Waals surface area contributed by atoms with Crippen LogP contribution in [0.25, 0.3) is 0 Å². The van der Waals surface area contributed by atoms with Crippen molar-refractivity contribution in [1.82, 2.24) is 0 Å². The second kappa shape index (κ2) is 17.1. The van der Waals surface area contributed by atoms with Crippen molar-refractivity contribution in [1.29, 1.82) is 0 Å². The maximum atomic E-state index is 13.3. The van der Waals surface area contributed by atoms with Crippen LogP contribution in [-0.4, -0.2) is 18.5 Å². The van der Waals surface area contributed by atoms with Crippen molar-refractivity contribution < 1.29 is 4.57 Å². The van der Waals surface area contributed by atoms with Crippen LogP contribution in [0.15, 0.2) is 0 Å². The van der Waals surface area contributed by atoms with Crippen molar-refractivity contribution in [3.8, 4) is 0 Å². The molecule has 0 radical (unpaired) electrons. The lowest BCUT2D eigenvalue weighted by Crippen LogP contribution is -2.02. The van der Waals surface area contributed by atoms with Crippen molar-refractivity contribution in [3.63, 3.8) is 0 Å². The number of hydrogen-bond donors (Lipinski definition) is 0. The zero-order chi connectivity index (χ0) is 17.2. The third-order valence-electron chi connectivity index (χ3n) is 5.01. The summed E-state index contributed by atoms with van der Waals surface area (Å²) in [5.74, 6) is 0. The molecule has 2 heteroatoms. The average Bonchev–Trinajstić information content (AvgIpc) is 2.54. The van der Waals surface area contributed by atoms with Crippen LogP contribution in [0, 0.1) is 0 Å². The standard InChI is InChI=1S/C21H45OP/c1-4-7-10-13-16-19-23(22,20-17-14-11-8-5-2)21-18-15-12-9-6-3/h4-21H2,1-3H3. The SMILES string of the molecule is CCCCCCCP(=O)(CCCCCCC)CCCCCCC. The molecule has 0 saturated heterocycles. The molecule has 0 aromatic carbocycles. The molecule has 0 saturated carbocycles. The van der Waals surface area contributed by atoms with E-state index < -0.39 is 7.14 Å². The maximum Gasteiger partial charge on any atom is 0.0877 e. The van der Waals surface area contributed by atoms with E-state index >= 15 is 0 Å². The monoisotopic (exact) mass is 344 g/mol. The maximum absolute atomic E-state index is 13.3. The summed E-state index contributed by atoms with van der Waals surface area (Å²) >= 11 is 0. The van der Waals surface area contributed by atoms with Crippen molar-refractivity contribution >= 4 is 7.14 Å². The Morgan fingerprint density at radius 2 is 0.696 bits per heavy atom. The van der Waals surface area contributed by atoms with Crippen molar-refractivity contribution in [2.75, 3.05) is 18.5 Å². The molecule has 0 aromatic heterocycles. The predicted molar refractivity (Wildman–Crippen MR) is 108 cm³/mol. The van der Waals surface area contributed by atoms with Gasteiger partial charge in [0.25, 0.3) is 0 Å². The summed E-state index contributed by atoms with van der Waals surface area (Å²) < 4.78 is 13.3. The van der Waals surface area contributed by atoms with Gasteiger partial charge in [-0.1, -0.05) is 97.8 Å². The van der Waals surface area contributed by atoms with Gasteiger partial charge in [0, 0.05) is 18.5 Å². The predicted octanol–water partition coefficient (Wildman–Crippen LogP) is 8.26. The Labute approximate surface area is 147 Å². The Bertz CT molecular complexity index is 232. The summed E-state index contributed by atoms with van der Waals surface area (Å²) in [5, 5.41) is 0. The molecule has 0 atom stereocenters. The molecule has 0 aliphatic rings. The summed E-state index contributed by atoms with van der Waals surface area (Å²) in [7, 11) is -1.87. The summed E-state index contributed by atoms with van der Waals surface area (Å²) in [5.41, 5.74) is 0. The topological polar surface area (TPSA) is 17.1 Å². The van der Waals surface area contributed by atoms with Gasteiger partial charge >= 0.3 is 0 Å². The molecule has 0 fully saturated rings. The fourth-order valence-electron chi connectivity index (χ4n) is 3.35. The van der Waals surface area contributed by atoms with Gasteiger partial charge in [-0.2, -0.15) is 0 Å². The Balaban J connectivity index is 4.03. The highest BCUT2D eigenvalue weighted by Gasteiger charge is 2.20. The molecule has 0 unspecified atom stereocenters. The van der Waals surface area contributed by atoms with Gasteiger partial charge in [-0.05, 0) is 19.3 Å². The number of hydrogen-bond acceptors (Lipinski definition) is 1. The fraction of sp³-hybridized carbons (Fsp3) is 1.00. The third-order valence-corrected chi connectivity index (χ3v) is 8.40. The Morgan fingerprint density at radius 3 is 0.957 bits per heavy atom. The second-order valence-corrected chi connectivity index (χ2v) is 10.9. The Morgan fingerprint density at radius 1 is 0.435 bits per heavy atom. The first-order chi connectivity index (χ1) is 11.2. The molecule has 0 aromatic rings. The molecule has 140 valence electrons. The van der Waals surface area contributed by atoms with E-state index in [9.17, 15) is 4.57 Å². The van der Waals surface area contributed by atoms with Crippen molar-refractivity contribution in [2.45, 2.75) is 117 Å². The highest BCUT2D eigenvalue weighted by molar-refractivity contribution is 7.63. The molecule has 0 N–H and O–H groups in total. The summed E-state index contributed by atoms with van der Waals surface area (Å²) in [6.45, 7) is 6.78. The minimum absolute atomic E-state index is 1.04. The van der Waals surface area contributed by atoms with Gasteiger partial charge in [-0.15, -0.1) is 0 Å². The number of rotatable bonds is 18. The zero-order valence-electron chi connectivity index (χ0n) is 16.6. The van der Waals surface area contributed by atoms with Gasteiger partial charge in [-0.25, -0.2) is 0 Å². The molecule has 0 rings (SSSR count). The van der Waals surface area contributed by atoms with Gasteiger partial charge in [-0.3, -0.25) is 0 Å². The zero-order valence-corrected chi connectivity index (χ0v) is 17.5. The highest BCUT2D eigenvalue weighted by Crippen LogP contribution is 2.48. The van der Waals surface area contributed by atoms with Gasteiger partial charge < -0.3 is 4.57 Å². The second-order valence-electron chi connectivity index (χ2n) is 7.47. The van der Waals surface area contributed by atoms with E-state index in [1.165, 1.54) is 96.3 Å². The smallest absolute Gasteiger partial charge is 0.0877 e. The number of unbranched alkanes of at least 4 members (excludes halogenated alkanes) is 12. The van der Waals surface area contributed by atoms with E-state index in [0.29, 0.717) is 0 Å². The molecule has 23 heavy (non-hydrogen) atoms. The fourth-order valence-corrected chi connectivity index (χ4v) is 6.42. The van der Waals surface area contributed by atoms with Gasteiger partial charge in [0.1, 0.15) is 0 Å². The first-order valence-electron chi connectivity index (χ1n) is 10.8. The molecule has 0 aliphatic carbocycles. The van der Waals surface area contributed by atoms with E-state index in [1.807, 2.05) is 0 Å². The lowest BCUT2D eigenvalue weighted by Gasteiger charge is -2.18. The minimum Gasteiger partial charge on any atom is -0.324 e. The first kappa shape index (κ1) is 23.2. The summed E-state index contributed by atoms with van der Waals surface area (Å²) in [4.78, 5) is 0. The van der Waals surface area contributed by atoms with E-state index in [1.54, 1.807) is 0 Å². The van der Waals surface area contributed by atoms with Gasteiger partial charge in [0.2, 0.25) is 0 Å². The van der Waals surface area contributed by atoms with Crippen LogP contribution in [0.1, 0.15) is 117 Å². The van der Waals surface area contributed by atoms with Crippen LogP contribution < -0.4 is 0 Å². The first-order valence-corrected chi connectivity index (χ1v) is 13.0. The van der Waals surface area contributed by atoms with Crippen molar-refractivity contribution in [3.05, 3.63) is 0 Å². The quantitative estimate of drug-likeness (QED) is 0.181. The van der Waals surface area contributed by atoms with E-state index in [-0.39, 0.29) is 0 Å². The molecule has 0 amide bonds. The largest absolute Gasteiger partial charge is 0.324 e. The van der Waals surface area contributed by atoms with Crippen LogP contribution >= 0.6 is 7.14 Å². The van der Waals surface area contributed by atoms with Gasteiger partial charge in [0.05, 0.1) is 7.14 Å². The van der Waals surface area contributed by atoms with Crippen LogP contribution in [0.2, 0.25) is 0 Å². The Kier molecular flexibility index (Phi) is 17.2. The Hall–Kier alpha value is 0.230. The van der Waals surface area contributed by atoms with E-state index in [4.69, 9.17) is 0 Å². The summed E-state index contributed by atoms with van der Waals surface area (Å²) in [6.07, 6.45) is 22.6. The van der Waals surface area contributed by atoms with Crippen LogP contribution in [0.3, 0.4) is 0 Å². The van der Waals surface area contributed by atoms with E-state index in [2.05, 4.69) is 20.8 Å². The minimum atomic E-state index is -1.87. The third kappa shape index (κ3) is 15.5.